The van der Waals surface area contributed by atoms with Crippen LogP contribution in [0.4, 0.5) is 18.9 Å². The van der Waals surface area contributed by atoms with Gasteiger partial charge >= 0.3 is 6.18 Å². The van der Waals surface area contributed by atoms with Crippen molar-refractivity contribution in [1.82, 2.24) is 9.13 Å². The number of hydrogen-bond acceptors (Lipinski definition) is 1. The lowest BCUT2D eigenvalue weighted by atomic mass is 9.94. The first-order chi connectivity index (χ1) is 29.9. The van der Waals surface area contributed by atoms with Crippen molar-refractivity contribution in [3.05, 3.63) is 196 Å². The molecular formula is C55H37F3N4. The van der Waals surface area contributed by atoms with Crippen LogP contribution in [0.1, 0.15) is 33.4 Å². The zero-order chi connectivity index (χ0) is 43.0. The summed E-state index contributed by atoms with van der Waals surface area (Å²) in [6.45, 7) is 16.8. The Balaban J connectivity index is 1.38. The molecule has 0 saturated heterocycles. The molecule has 0 aliphatic rings. The number of aryl methyl sites for hydroxylation is 4. The summed E-state index contributed by atoms with van der Waals surface area (Å²) in [4.78, 5) is 3.94. The molecule has 10 aromatic rings. The maximum absolute atomic E-state index is 15.0. The van der Waals surface area contributed by atoms with Crippen molar-refractivity contribution in [2.24, 2.45) is 0 Å². The number of nitriles is 1. The molecule has 0 amide bonds. The number of nitrogens with zero attached hydrogens (tertiary/aromatic N) is 4. The van der Waals surface area contributed by atoms with Crippen LogP contribution in [0.3, 0.4) is 0 Å². The van der Waals surface area contributed by atoms with Gasteiger partial charge in [-0.05, 0) is 110 Å². The molecule has 10 rings (SSSR count). The highest BCUT2D eigenvalue weighted by Crippen LogP contribution is 2.47. The summed E-state index contributed by atoms with van der Waals surface area (Å²) in [5.74, 6) is 0. The Labute approximate surface area is 356 Å². The first kappa shape index (κ1) is 38.3. The van der Waals surface area contributed by atoms with Crippen molar-refractivity contribution in [1.29, 1.82) is 5.26 Å². The maximum atomic E-state index is 15.0. The third-order valence-corrected chi connectivity index (χ3v) is 11.9. The fourth-order valence-electron chi connectivity index (χ4n) is 9.42. The number of benzene rings is 8. The Morgan fingerprint density at radius 2 is 0.952 bits per heavy atom. The molecule has 298 valence electrons. The van der Waals surface area contributed by atoms with E-state index in [4.69, 9.17) is 6.57 Å². The standard InChI is InChI=1S/C55H37F3N4/c1-32-20-33(2)23-39(22-32)37-15-18-44-42-10-6-8-12-49(42)61(51(44)27-37)53-29-46(41-17-14-36(31-59)26-47(41)55(56,57)58)48(60-5)30-54(53)62-50-13-9-7-11-43(50)45-19-16-38(28-52(45)62)40-24-34(3)21-35(4)25-40/h6-30H,1-4H3. The summed E-state index contributed by atoms with van der Waals surface area (Å²) in [5, 5.41) is 13.6. The molecule has 0 aliphatic heterocycles. The summed E-state index contributed by atoms with van der Waals surface area (Å²) in [6, 6.07) is 50.8. The van der Waals surface area contributed by atoms with Crippen LogP contribution >= 0.6 is 0 Å². The predicted molar refractivity (Wildman–Crippen MR) is 246 cm³/mol. The number of fused-ring (bicyclic) bond motifs is 6. The largest absolute Gasteiger partial charge is 0.417 e. The maximum Gasteiger partial charge on any atom is 0.417 e. The normalized spacial score (nSPS) is 11.8. The second-order valence-electron chi connectivity index (χ2n) is 16.3. The topological polar surface area (TPSA) is 38.0 Å². The minimum absolute atomic E-state index is 0.0482. The minimum atomic E-state index is -4.80. The van der Waals surface area contributed by atoms with Crippen molar-refractivity contribution in [2.45, 2.75) is 33.9 Å². The Bertz CT molecular complexity index is 3550. The summed E-state index contributed by atoms with van der Waals surface area (Å²) in [7, 11) is 0. The molecule has 0 N–H and O–H groups in total. The Morgan fingerprint density at radius 3 is 1.42 bits per heavy atom. The number of rotatable bonds is 5. The fraction of sp³-hybridized carbons (Fsp3) is 0.0909. The van der Waals surface area contributed by atoms with Gasteiger partial charge in [-0.2, -0.15) is 18.4 Å². The van der Waals surface area contributed by atoms with Gasteiger partial charge in [0.1, 0.15) is 0 Å². The average molecular weight is 811 g/mol. The highest BCUT2D eigenvalue weighted by molar-refractivity contribution is 6.13. The summed E-state index contributed by atoms with van der Waals surface area (Å²) in [6.07, 6.45) is -4.80. The first-order valence-corrected chi connectivity index (χ1v) is 20.3. The van der Waals surface area contributed by atoms with Gasteiger partial charge in [-0.3, -0.25) is 0 Å². The molecule has 2 aromatic heterocycles. The van der Waals surface area contributed by atoms with Crippen LogP contribution in [0.15, 0.2) is 152 Å². The summed E-state index contributed by atoms with van der Waals surface area (Å²) < 4.78 is 49.4. The molecule has 0 bridgehead atoms. The van der Waals surface area contributed by atoms with Crippen LogP contribution in [0.2, 0.25) is 0 Å². The smallest absolute Gasteiger partial charge is 0.308 e. The zero-order valence-corrected chi connectivity index (χ0v) is 34.4. The van der Waals surface area contributed by atoms with E-state index >= 15 is 13.2 Å². The van der Waals surface area contributed by atoms with Gasteiger partial charge in [-0.25, -0.2) is 4.85 Å². The van der Waals surface area contributed by atoms with E-state index in [1.807, 2.05) is 42.5 Å². The van der Waals surface area contributed by atoms with E-state index in [2.05, 4.69) is 127 Å². The number of hydrogen-bond donors (Lipinski definition) is 0. The van der Waals surface area contributed by atoms with E-state index in [9.17, 15) is 5.26 Å². The molecule has 8 aromatic carbocycles. The van der Waals surface area contributed by atoms with Gasteiger partial charge < -0.3 is 9.13 Å². The van der Waals surface area contributed by atoms with Gasteiger partial charge in [0.2, 0.25) is 0 Å². The Hall–Kier alpha value is -7.87. The van der Waals surface area contributed by atoms with Crippen LogP contribution in [0.25, 0.3) is 93.2 Å². The first-order valence-electron chi connectivity index (χ1n) is 20.3. The molecule has 0 atom stereocenters. The molecule has 0 radical (unpaired) electrons. The molecule has 0 saturated carbocycles. The second-order valence-corrected chi connectivity index (χ2v) is 16.3. The van der Waals surface area contributed by atoms with Crippen LogP contribution < -0.4 is 0 Å². The molecular weight excluding hydrogens is 774 g/mol. The van der Waals surface area contributed by atoms with Gasteiger partial charge in [0.15, 0.2) is 5.69 Å². The Morgan fingerprint density at radius 1 is 0.484 bits per heavy atom. The highest BCUT2D eigenvalue weighted by atomic mass is 19.4. The van der Waals surface area contributed by atoms with Gasteiger partial charge in [-0.1, -0.05) is 125 Å². The van der Waals surface area contributed by atoms with Crippen molar-refractivity contribution >= 4 is 49.3 Å². The summed E-state index contributed by atoms with van der Waals surface area (Å²) in [5.41, 5.74) is 12.3. The van der Waals surface area contributed by atoms with Crippen molar-refractivity contribution in [3.8, 4) is 50.8 Å². The third-order valence-electron chi connectivity index (χ3n) is 11.9. The molecule has 2 heterocycles. The summed E-state index contributed by atoms with van der Waals surface area (Å²) >= 11 is 0. The fourth-order valence-corrected chi connectivity index (χ4v) is 9.42. The molecule has 0 fully saturated rings. The minimum Gasteiger partial charge on any atom is -0.308 e. The van der Waals surface area contributed by atoms with Gasteiger partial charge in [0.25, 0.3) is 0 Å². The molecule has 4 nitrogen and oxygen atoms in total. The van der Waals surface area contributed by atoms with E-state index in [0.717, 1.165) is 94.2 Å². The molecule has 0 aliphatic carbocycles. The predicted octanol–water partition coefficient (Wildman–Crippen LogP) is 15.6. The van der Waals surface area contributed by atoms with Crippen molar-refractivity contribution in [2.75, 3.05) is 0 Å². The molecule has 7 heteroatoms. The van der Waals surface area contributed by atoms with E-state index in [1.165, 1.54) is 12.1 Å². The number of alkyl halides is 3. The second kappa shape index (κ2) is 14.4. The van der Waals surface area contributed by atoms with E-state index in [-0.39, 0.29) is 22.4 Å². The third kappa shape index (κ3) is 6.30. The van der Waals surface area contributed by atoms with E-state index < -0.39 is 11.7 Å². The molecule has 0 spiro atoms. The Kier molecular flexibility index (Phi) is 8.91. The highest BCUT2D eigenvalue weighted by Gasteiger charge is 2.35. The van der Waals surface area contributed by atoms with Crippen LogP contribution in [0.5, 0.6) is 0 Å². The van der Waals surface area contributed by atoms with Crippen LogP contribution in [-0.2, 0) is 6.18 Å². The average Bonchev–Trinajstić information content (AvgIpc) is 3.76. The van der Waals surface area contributed by atoms with E-state index in [0.29, 0.717) is 11.4 Å². The van der Waals surface area contributed by atoms with Gasteiger partial charge in [-0.15, -0.1) is 0 Å². The van der Waals surface area contributed by atoms with Crippen molar-refractivity contribution < 1.29 is 13.2 Å². The van der Waals surface area contributed by atoms with Crippen LogP contribution in [0, 0.1) is 45.6 Å². The molecule has 0 unspecified atom stereocenters. The van der Waals surface area contributed by atoms with Gasteiger partial charge in [0.05, 0.1) is 57.2 Å². The quantitative estimate of drug-likeness (QED) is 0.160. The van der Waals surface area contributed by atoms with E-state index in [1.54, 1.807) is 12.1 Å². The molecule has 62 heavy (non-hydrogen) atoms. The lowest BCUT2D eigenvalue weighted by molar-refractivity contribution is -0.137. The van der Waals surface area contributed by atoms with Crippen molar-refractivity contribution in [3.63, 3.8) is 0 Å². The SMILES string of the molecule is [C-]#[N+]c1cc(-n2c3ccccc3c3ccc(-c4cc(C)cc(C)c4)cc32)c(-n2c3ccccc3c3ccc(-c4cc(C)cc(C)c4)cc32)cc1-c1ccc(C#N)cc1C(F)(F)F. The monoisotopic (exact) mass is 810 g/mol. The zero-order valence-electron chi connectivity index (χ0n) is 34.4. The lowest BCUT2D eigenvalue weighted by Gasteiger charge is -2.21. The number of halogens is 3. The van der Waals surface area contributed by atoms with Crippen LogP contribution in [-0.4, -0.2) is 9.13 Å². The number of para-hydroxylation sites is 2. The lowest BCUT2D eigenvalue weighted by Crippen LogP contribution is -2.09. The number of aromatic nitrogens is 2. The van der Waals surface area contributed by atoms with Gasteiger partial charge in [0, 0.05) is 21.5 Å².